The average molecular weight is 318 g/mol. The topological polar surface area (TPSA) is 66.8 Å². The van der Waals surface area contributed by atoms with Crippen LogP contribution in [0.25, 0.3) is 0 Å². The normalized spacial score (nSPS) is 14.9. The number of carbonyl (C=O) groups is 1. The first-order valence-corrected chi connectivity index (χ1v) is 7.54. The Morgan fingerprint density at radius 3 is 1.83 bits per heavy atom. The molecule has 0 aromatic heterocycles. The fourth-order valence-electron chi connectivity index (χ4n) is 3.33. The van der Waals surface area contributed by atoms with Crippen molar-refractivity contribution in [2.45, 2.75) is 5.41 Å². The number of esters is 1. The summed E-state index contributed by atoms with van der Waals surface area (Å²) < 4.78 is 5.39. The molecule has 3 aromatic rings. The Labute approximate surface area is 138 Å². The lowest BCUT2D eigenvalue weighted by Crippen LogP contribution is -2.36. The smallest absolute Gasteiger partial charge is 0.331 e. The van der Waals surface area contributed by atoms with Crippen LogP contribution in [0.5, 0.6) is 17.2 Å². The molecule has 0 aliphatic carbocycles. The molecular formula is C20H14O4. The van der Waals surface area contributed by atoms with Crippen LogP contribution in [0.1, 0.15) is 16.7 Å². The molecule has 0 amide bonds. The molecule has 24 heavy (non-hydrogen) atoms. The van der Waals surface area contributed by atoms with Crippen molar-refractivity contribution >= 4 is 5.97 Å². The lowest BCUT2D eigenvalue weighted by molar-refractivity contribution is -0.135. The van der Waals surface area contributed by atoms with E-state index in [2.05, 4.69) is 0 Å². The maximum atomic E-state index is 13.0. The van der Waals surface area contributed by atoms with E-state index in [0.717, 1.165) is 11.1 Å². The molecule has 0 bridgehead atoms. The van der Waals surface area contributed by atoms with Crippen molar-refractivity contribution in [1.82, 2.24) is 0 Å². The summed E-state index contributed by atoms with van der Waals surface area (Å²) in [5, 5.41) is 19.9. The van der Waals surface area contributed by atoms with Crippen molar-refractivity contribution in [3.05, 3.63) is 89.5 Å². The van der Waals surface area contributed by atoms with Crippen LogP contribution >= 0.6 is 0 Å². The number of fused-ring (bicyclic) bond motifs is 1. The molecule has 1 aliphatic heterocycles. The molecule has 1 heterocycles. The fraction of sp³-hybridized carbons (Fsp3) is 0.0500. The Kier molecular flexibility index (Phi) is 3.06. The molecule has 0 radical (unpaired) electrons. The number of hydrogen-bond acceptors (Lipinski definition) is 4. The highest BCUT2D eigenvalue weighted by Gasteiger charge is 2.53. The van der Waals surface area contributed by atoms with Gasteiger partial charge in [-0.25, -0.2) is 4.79 Å². The minimum atomic E-state index is -1.18. The summed E-state index contributed by atoms with van der Waals surface area (Å²) in [4.78, 5) is 13.0. The standard InChI is InChI=1S/C20H14O4/c21-16-12-11-15-18(17(16)22)24-19(23)20(15,13-7-3-1-4-8-13)14-9-5-2-6-10-14/h1-12,21-22H. The zero-order valence-electron chi connectivity index (χ0n) is 12.6. The maximum Gasteiger partial charge on any atom is 0.331 e. The van der Waals surface area contributed by atoms with Gasteiger partial charge in [-0.3, -0.25) is 0 Å². The van der Waals surface area contributed by atoms with Gasteiger partial charge in [0.1, 0.15) is 5.41 Å². The zero-order chi connectivity index (χ0) is 16.7. The Balaban J connectivity index is 2.11. The van der Waals surface area contributed by atoms with Crippen molar-refractivity contribution < 1.29 is 19.7 Å². The van der Waals surface area contributed by atoms with Gasteiger partial charge in [0.2, 0.25) is 5.75 Å². The van der Waals surface area contributed by atoms with Crippen LogP contribution in [-0.2, 0) is 10.2 Å². The predicted molar refractivity (Wildman–Crippen MR) is 88.2 cm³/mol. The summed E-state index contributed by atoms with van der Waals surface area (Å²) in [6, 6.07) is 21.6. The van der Waals surface area contributed by atoms with Gasteiger partial charge in [-0.2, -0.15) is 0 Å². The largest absolute Gasteiger partial charge is 0.504 e. The molecule has 0 spiro atoms. The maximum absolute atomic E-state index is 13.0. The molecule has 0 fully saturated rings. The summed E-state index contributed by atoms with van der Waals surface area (Å²) in [7, 11) is 0. The molecule has 0 unspecified atom stereocenters. The van der Waals surface area contributed by atoms with Gasteiger partial charge in [-0.15, -0.1) is 0 Å². The molecule has 0 saturated carbocycles. The molecule has 0 saturated heterocycles. The number of hydrogen-bond donors (Lipinski definition) is 2. The molecular weight excluding hydrogens is 304 g/mol. The second-order valence-corrected chi connectivity index (χ2v) is 5.68. The van der Waals surface area contributed by atoms with Crippen molar-refractivity contribution in [3.63, 3.8) is 0 Å². The molecule has 4 nitrogen and oxygen atoms in total. The quantitative estimate of drug-likeness (QED) is 0.432. The van der Waals surface area contributed by atoms with E-state index >= 15 is 0 Å². The Bertz CT molecular complexity index is 878. The van der Waals surface area contributed by atoms with Gasteiger partial charge in [0.05, 0.1) is 0 Å². The summed E-state index contributed by atoms with van der Waals surface area (Å²) in [6.45, 7) is 0. The van der Waals surface area contributed by atoms with E-state index in [-0.39, 0.29) is 11.5 Å². The van der Waals surface area contributed by atoms with Gasteiger partial charge in [0.25, 0.3) is 0 Å². The molecule has 4 rings (SSSR count). The third kappa shape index (κ3) is 1.77. The highest BCUT2D eigenvalue weighted by Crippen LogP contribution is 2.53. The Morgan fingerprint density at radius 2 is 1.29 bits per heavy atom. The third-order valence-electron chi connectivity index (χ3n) is 4.43. The molecule has 3 aromatic carbocycles. The van der Waals surface area contributed by atoms with Gasteiger partial charge in [0, 0.05) is 5.56 Å². The van der Waals surface area contributed by atoms with Crippen LogP contribution in [0.2, 0.25) is 0 Å². The number of ether oxygens (including phenoxy) is 1. The summed E-state index contributed by atoms with van der Waals surface area (Å²) in [5.41, 5.74) is 0.818. The number of rotatable bonds is 2. The van der Waals surface area contributed by atoms with Gasteiger partial charge >= 0.3 is 5.97 Å². The minimum absolute atomic E-state index is 0.00714. The third-order valence-corrected chi connectivity index (χ3v) is 4.43. The minimum Gasteiger partial charge on any atom is -0.504 e. The van der Waals surface area contributed by atoms with Crippen molar-refractivity contribution in [2.75, 3.05) is 0 Å². The molecule has 4 heteroatoms. The van der Waals surface area contributed by atoms with Crippen molar-refractivity contribution in [3.8, 4) is 17.2 Å². The number of phenols is 2. The van der Waals surface area contributed by atoms with Gasteiger partial charge < -0.3 is 14.9 Å². The second kappa shape index (κ2) is 5.13. The van der Waals surface area contributed by atoms with Gasteiger partial charge in [0.15, 0.2) is 11.5 Å². The Hall–Kier alpha value is -3.27. The first-order chi connectivity index (χ1) is 11.7. The summed E-state index contributed by atoms with van der Waals surface area (Å²) >= 11 is 0. The predicted octanol–water partition coefficient (Wildman–Crippen LogP) is 3.35. The van der Waals surface area contributed by atoms with E-state index in [1.807, 2.05) is 60.7 Å². The van der Waals surface area contributed by atoms with Gasteiger partial charge in [-0.1, -0.05) is 60.7 Å². The van der Waals surface area contributed by atoms with E-state index in [9.17, 15) is 15.0 Å². The van der Waals surface area contributed by atoms with Crippen molar-refractivity contribution in [1.29, 1.82) is 0 Å². The molecule has 118 valence electrons. The van der Waals surface area contributed by atoms with E-state index in [0.29, 0.717) is 5.56 Å². The van der Waals surface area contributed by atoms with Crippen molar-refractivity contribution in [2.24, 2.45) is 0 Å². The molecule has 2 N–H and O–H groups in total. The van der Waals surface area contributed by atoms with E-state index < -0.39 is 17.1 Å². The number of benzene rings is 3. The highest BCUT2D eigenvalue weighted by molar-refractivity contribution is 5.99. The van der Waals surface area contributed by atoms with Crippen LogP contribution in [-0.4, -0.2) is 16.2 Å². The first kappa shape index (κ1) is 14.3. The number of carbonyl (C=O) groups excluding carboxylic acids is 1. The van der Waals surface area contributed by atoms with Gasteiger partial charge in [-0.05, 0) is 23.3 Å². The van der Waals surface area contributed by atoms with E-state index in [4.69, 9.17) is 4.74 Å². The molecule has 1 aliphatic rings. The fourth-order valence-corrected chi connectivity index (χ4v) is 3.33. The lowest BCUT2D eigenvalue weighted by Gasteiger charge is -2.27. The zero-order valence-corrected chi connectivity index (χ0v) is 12.6. The molecule has 0 atom stereocenters. The SMILES string of the molecule is O=C1Oc2c(ccc(O)c2O)C1(c1ccccc1)c1ccccc1. The summed E-state index contributed by atoms with van der Waals surface area (Å²) in [6.07, 6.45) is 0. The highest BCUT2D eigenvalue weighted by atomic mass is 16.5. The second-order valence-electron chi connectivity index (χ2n) is 5.68. The average Bonchev–Trinajstić information content (AvgIpc) is 2.93. The van der Waals surface area contributed by atoms with Crippen LogP contribution in [0, 0.1) is 0 Å². The summed E-state index contributed by atoms with van der Waals surface area (Å²) in [5.74, 6) is -1.24. The van der Waals surface area contributed by atoms with E-state index in [1.54, 1.807) is 6.07 Å². The Morgan fingerprint density at radius 1 is 0.750 bits per heavy atom. The van der Waals surface area contributed by atoms with Crippen LogP contribution < -0.4 is 4.74 Å². The van der Waals surface area contributed by atoms with Crippen LogP contribution in [0.4, 0.5) is 0 Å². The number of phenolic OH excluding ortho intramolecular Hbond substituents is 2. The number of aromatic hydroxyl groups is 2. The van der Waals surface area contributed by atoms with Crippen LogP contribution in [0.15, 0.2) is 72.8 Å². The van der Waals surface area contributed by atoms with E-state index in [1.165, 1.54) is 6.07 Å². The van der Waals surface area contributed by atoms with Crippen LogP contribution in [0.3, 0.4) is 0 Å². The first-order valence-electron chi connectivity index (χ1n) is 7.54. The monoisotopic (exact) mass is 318 g/mol. The lowest BCUT2D eigenvalue weighted by atomic mass is 9.70.